The van der Waals surface area contributed by atoms with Crippen LogP contribution in [0.1, 0.15) is 94.9 Å². The monoisotopic (exact) mass is 715 g/mol. The molecule has 2 heterocycles. The molecule has 2 aromatic rings. The second-order valence-electron chi connectivity index (χ2n) is 11.4. The van der Waals surface area contributed by atoms with Gasteiger partial charge in [-0.15, -0.1) is 0 Å². The number of hydrogen-bond acceptors (Lipinski definition) is 11. The van der Waals surface area contributed by atoms with E-state index in [0.717, 1.165) is 30.3 Å². The molecule has 19 heteroatoms. The molecule has 1 aromatic heterocycles. The van der Waals surface area contributed by atoms with Crippen molar-refractivity contribution in [2.24, 2.45) is 5.11 Å². The molecule has 1 fully saturated rings. The fourth-order valence-electron chi connectivity index (χ4n) is 4.94. The van der Waals surface area contributed by atoms with Crippen molar-refractivity contribution in [1.82, 2.24) is 9.55 Å². The summed E-state index contributed by atoms with van der Waals surface area (Å²) in [5, 5.41) is 3.56. The Labute approximate surface area is 277 Å². The van der Waals surface area contributed by atoms with Crippen molar-refractivity contribution in [3.8, 4) is 5.75 Å². The fraction of sp³-hybridized carbons (Fsp3) is 0.621. The number of carbonyl (C=O) groups excluding carboxylic acids is 1. The lowest BCUT2D eigenvalue weighted by Gasteiger charge is -2.20. The highest BCUT2D eigenvalue weighted by molar-refractivity contribution is 7.61. The van der Waals surface area contributed by atoms with Gasteiger partial charge in [0.05, 0.1) is 25.4 Å². The lowest BCUT2D eigenvalue weighted by molar-refractivity contribution is -0.134. The first-order chi connectivity index (χ1) is 22.8. The first-order valence-electron chi connectivity index (χ1n) is 15.8. The Morgan fingerprint density at radius 1 is 1.04 bits per heavy atom. The Morgan fingerprint density at radius 2 is 1.67 bits per heavy atom. The van der Waals surface area contributed by atoms with E-state index in [4.69, 9.17) is 24.1 Å². The number of esters is 1. The number of rotatable bonds is 21. The van der Waals surface area contributed by atoms with Crippen LogP contribution in [0.5, 0.6) is 5.75 Å². The van der Waals surface area contributed by atoms with Gasteiger partial charge in [-0.3, -0.25) is 28.2 Å². The highest BCUT2D eigenvalue weighted by Gasteiger charge is 2.40. The summed E-state index contributed by atoms with van der Waals surface area (Å²) in [6.45, 7) is 2.43. The van der Waals surface area contributed by atoms with Crippen LogP contribution < -0.4 is 16.0 Å². The average molecular weight is 716 g/mol. The summed E-state index contributed by atoms with van der Waals surface area (Å²) in [5.41, 5.74) is 8.12. The van der Waals surface area contributed by atoms with Crippen LogP contribution in [0.15, 0.2) is 45.2 Å². The predicted octanol–water partition coefficient (Wildman–Crippen LogP) is 6.09. The number of phosphoric acid groups is 2. The number of aromatic nitrogens is 2. The molecule has 0 amide bonds. The number of hydrogen-bond donors (Lipinski definition) is 3. The average Bonchev–Trinajstić information content (AvgIpc) is 3.43. The van der Waals surface area contributed by atoms with Crippen LogP contribution in [0.3, 0.4) is 0 Å². The quantitative estimate of drug-likeness (QED) is 0.0253. The van der Waals surface area contributed by atoms with Crippen LogP contribution in [0.25, 0.3) is 10.4 Å². The molecular formula is C29H43N5O12P2. The van der Waals surface area contributed by atoms with Gasteiger partial charge in [0.1, 0.15) is 12.0 Å². The Balaban J connectivity index is 1.42. The highest BCUT2D eigenvalue weighted by Crippen LogP contribution is 2.61. The summed E-state index contributed by atoms with van der Waals surface area (Å²) >= 11 is 0. The van der Waals surface area contributed by atoms with Crippen molar-refractivity contribution in [3.05, 3.63) is 72.9 Å². The number of carbonyl (C=O) groups is 1. The van der Waals surface area contributed by atoms with Gasteiger partial charge in [-0.25, -0.2) is 13.9 Å². The Hall–Kier alpha value is -3.10. The number of phosphoric ester groups is 2. The molecule has 1 aromatic carbocycles. The SMILES string of the molecule is CCCCCCCCCCCC(=O)Oc1ccc(COP(=O)(O)OP(=O)(O)OC[C@H]2O[C@@H](n3cc(C)c(=O)[nH]c3=O)C[C@@H]2N=[N+]=[N-])cc1. The normalized spacial score (nSPS) is 20.0. The third kappa shape index (κ3) is 13.4. The van der Waals surface area contributed by atoms with Gasteiger partial charge in [0.2, 0.25) is 0 Å². The zero-order valence-electron chi connectivity index (χ0n) is 27.0. The number of ether oxygens (including phenoxy) is 2. The van der Waals surface area contributed by atoms with E-state index in [9.17, 15) is 33.3 Å². The molecule has 0 radical (unpaired) electrons. The Kier molecular flexibility index (Phi) is 15.7. The van der Waals surface area contributed by atoms with Crippen LogP contribution in [-0.4, -0.2) is 44.1 Å². The van der Waals surface area contributed by atoms with Gasteiger partial charge in [-0.05, 0) is 36.6 Å². The van der Waals surface area contributed by atoms with Crippen molar-refractivity contribution in [2.75, 3.05) is 6.61 Å². The fourth-order valence-corrected chi connectivity index (χ4v) is 7.01. The topological polar surface area (TPSA) is 241 Å². The van der Waals surface area contributed by atoms with Gasteiger partial charge in [0.15, 0.2) is 0 Å². The molecule has 2 unspecified atom stereocenters. The molecule has 48 heavy (non-hydrogen) atoms. The van der Waals surface area contributed by atoms with Crippen molar-refractivity contribution < 1.29 is 46.5 Å². The van der Waals surface area contributed by atoms with Crippen LogP contribution in [0, 0.1) is 6.92 Å². The number of aromatic amines is 1. The smallest absolute Gasteiger partial charge is 0.427 e. The lowest BCUT2D eigenvalue weighted by Crippen LogP contribution is -2.33. The van der Waals surface area contributed by atoms with Crippen molar-refractivity contribution in [2.45, 2.75) is 109 Å². The van der Waals surface area contributed by atoms with E-state index < -0.39 is 58.5 Å². The minimum Gasteiger partial charge on any atom is -0.427 e. The first-order valence-corrected chi connectivity index (χ1v) is 18.8. The number of aryl methyl sites for hydroxylation is 1. The molecular weight excluding hydrogens is 672 g/mol. The zero-order valence-corrected chi connectivity index (χ0v) is 28.8. The maximum Gasteiger partial charge on any atom is 0.481 e. The summed E-state index contributed by atoms with van der Waals surface area (Å²) in [4.78, 5) is 61.0. The summed E-state index contributed by atoms with van der Waals surface area (Å²) in [7, 11) is -10.4. The second kappa shape index (κ2) is 19.2. The Morgan fingerprint density at radius 3 is 2.31 bits per heavy atom. The predicted molar refractivity (Wildman–Crippen MR) is 173 cm³/mol. The minimum atomic E-state index is -5.22. The third-order valence-electron chi connectivity index (χ3n) is 7.50. The molecule has 5 atom stereocenters. The van der Waals surface area contributed by atoms with E-state index in [1.54, 1.807) is 0 Å². The van der Waals surface area contributed by atoms with E-state index in [1.807, 2.05) is 0 Å². The molecule has 3 N–H and O–H groups in total. The van der Waals surface area contributed by atoms with E-state index in [1.165, 1.54) is 69.5 Å². The van der Waals surface area contributed by atoms with Gasteiger partial charge in [-0.1, -0.05) is 75.5 Å². The summed E-state index contributed by atoms with van der Waals surface area (Å²) < 4.78 is 51.0. The van der Waals surface area contributed by atoms with E-state index in [2.05, 4.69) is 26.2 Å². The van der Waals surface area contributed by atoms with E-state index in [0.29, 0.717) is 12.0 Å². The van der Waals surface area contributed by atoms with Gasteiger partial charge in [-0.2, -0.15) is 4.31 Å². The largest absolute Gasteiger partial charge is 0.481 e. The number of unbranched alkanes of at least 4 members (excludes halogenated alkanes) is 8. The summed E-state index contributed by atoms with van der Waals surface area (Å²) in [6, 6.07) is 4.96. The van der Waals surface area contributed by atoms with Crippen LogP contribution in [0.2, 0.25) is 0 Å². The number of H-pyrrole nitrogens is 1. The minimum absolute atomic E-state index is 0.0427. The van der Waals surface area contributed by atoms with Crippen LogP contribution in [0.4, 0.5) is 0 Å². The number of nitrogens with zero attached hydrogens (tertiary/aromatic N) is 4. The van der Waals surface area contributed by atoms with Crippen molar-refractivity contribution in [1.29, 1.82) is 0 Å². The molecule has 0 saturated carbocycles. The highest BCUT2D eigenvalue weighted by atomic mass is 31.3. The molecule has 266 valence electrons. The number of azide groups is 1. The maximum atomic E-state index is 12.5. The van der Waals surface area contributed by atoms with Crippen LogP contribution >= 0.6 is 15.6 Å². The van der Waals surface area contributed by atoms with Crippen molar-refractivity contribution >= 4 is 21.6 Å². The van der Waals surface area contributed by atoms with Gasteiger partial charge >= 0.3 is 27.3 Å². The maximum absolute atomic E-state index is 12.5. The summed E-state index contributed by atoms with van der Waals surface area (Å²) in [5.74, 6) is -0.0778. The molecule has 0 bridgehead atoms. The molecule has 3 rings (SSSR count). The van der Waals surface area contributed by atoms with Gasteiger partial charge in [0, 0.05) is 29.5 Å². The molecule has 1 aliphatic heterocycles. The van der Waals surface area contributed by atoms with E-state index in [-0.39, 0.29) is 23.7 Å². The molecule has 1 aliphatic rings. The molecule has 0 aliphatic carbocycles. The molecule has 0 spiro atoms. The zero-order chi connectivity index (χ0) is 35.2. The number of nitrogens with one attached hydrogen (secondary N) is 1. The second-order valence-corrected chi connectivity index (χ2v) is 14.4. The molecule has 1 saturated heterocycles. The van der Waals surface area contributed by atoms with Gasteiger partial charge in [0.25, 0.3) is 5.56 Å². The third-order valence-corrected chi connectivity index (χ3v) is 10.1. The van der Waals surface area contributed by atoms with Gasteiger partial charge < -0.3 is 19.3 Å². The standard InChI is InChI=1S/C29H43N5O12P2/c1-3-4-5-6-7-8-9-10-11-12-27(35)44-23-15-13-22(14-16-23)19-42-47(38,39)46-48(40,41)43-20-25-24(32-33-30)17-26(45-25)34-18-21(2)28(36)31-29(34)37/h13-16,18,24-26H,3-12,17,19-20H2,1-2H3,(H,38,39)(H,40,41)(H,31,36,37)/t24-,25+,26+/m0/s1. The Bertz CT molecular complexity index is 1610. The number of benzene rings is 1. The van der Waals surface area contributed by atoms with Crippen LogP contribution in [-0.2, 0) is 38.6 Å². The molecule has 17 nitrogen and oxygen atoms in total. The lowest BCUT2D eigenvalue weighted by atomic mass is 10.1. The van der Waals surface area contributed by atoms with Crippen molar-refractivity contribution in [3.63, 3.8) is 0 Å². The first kappa shape index (κ1) is 39.3. The summed E-state index contributed by atoms with van der Waals surface area (Å²) in [6.07, 6.45) is 9.51. The van der Waals surface area contributed by atoms with E-state index >= 15 is 0 Å².